The van der Waals surface area contributed by atoms with E-state index in [9.17, 15) is 0 Å². The molecule has 5 aromatic rings. The highest BCUT2D eigenvalue weighted by atomic mass is 16.3. The second-order valence-electron chi connectivity index (χ2n) is 7.73. The molecule has 0 amide bonds. The zero-order valence-electron chi connectivity index (χ0n) is 16.0. The predicted molar refractivity (Wildman–Crippen MR) is 116 cm³/mol. The summed E-state index contributed by atoms with van der Waals surface area (Å²) >= 11 is 0. The van der Waals surface area contributed by atoms with Crippen molar-refractivity contribution < 1.29 is 4.42 Å². The maximum Gasteiger partial charge on any atom is 0.135 e. The third kappa shape index (κ3) is 2.69. The summed E-state index contributed by atoms with van der Waals surface area (Å²) in [5.41, 5.74) is 6.36. The van der Waals surface area contributed by atoms with Crippen molar-refractivity contribution in [3.05, 3.63) is 102 Å². The summed E-state index contributed by atoms with van der Waals surface area (Å²) in [6.45, 7) is 4.52. The number of rotatable bonds is 3. The van der Waals surface area contributed by atoms with Crippen molar-refractivity contribution in [1.82, 2.24) is 4.98 Å². The number of aromatic nitrogens is 1. The Morgan fingerprint density at radius 3 is 2.29 bits per heavy atom. The van der Waals surface area contributed by atoms with Crippen LogP contribution in [0.3, 0.4) is 0 Å². The smallest absolute Gasteiger partial charge is 0.135 e. The van der Waals surface area contributed by atoms with Crippen LogP contribution in [0, 0.1) is 0 Å². The molecule has 0 N–H and O–H groups in total. The van der Waals surface area contributed by atoms with Gasteiger partial charge in [0, 0.05) is 27.9 Å². The minimum atomic E-state index is -0.0919. The molecule has 0 spiro atoms. The number of pyridine rings is 1. The molecule has 0 saturated carbocycles. The zero-order valence-corrected chi connectivity index (χ0v) is 16.0. The monoisotopic (exact) mass is 363 g/mol. The van der Waals surface area contributed by atoms with Crippen LogP contribution in [0.15, 0.2) is 95.5 Å². The normalized spacial score (nSPS) is 11.9. The van der Waals surface area contributed by atoms with E-state index in [4.69, 9.17) is 4.42 Å². The molecule has 0 atom stereocenters. The van der Waals surface area contributed by atoms with Gasteiger partial charge in [0.25, 0.3) is 0 Å². The van der Waals surface area contributed by atoms with Crippen LogP contribution in [0.1, 0.15) is 25.0 Å². The molecule has 0 unspecified atom stereocenters. The van der Waals surface area contributed by atoms with E-state index in [1.165, 1.54) is 11.1 Å². The minimum Gasteiger partial charge on any atom is -0.456 e. The Kier molecular flexibility index (Phi) is 3.80. The number of benzene rings is 3. The molecule has 2 heteroatoms. The molecule has 2 heterocycles. The van der Waals surface area contributed by atoms with Crippen molar-refractivity contribution >= 4 is 21.9 Å². The first kappa shape index (κ1) is 16.8. The summed E-state index contributed by atoms with van der Waals surface area (Å²) in [6.07, 6.45) is 1.91. The number of para-hydroxylation sites is 1. The molecule has 0 aliphatic rings. The van der Waals surface area contributed by atoms with E-state index < -0.39 is 0 Å². The van der Waals surface area contributed by atoms with Crippen LogP contribution in [-0.4, -0.2) is 4.98 Å². The summed E-state index contributed by atoms with van der Waals surface area (Å²) < 4.78 is 5.96. The molecule has 136 valence electrons. The van der Waals surface area contributed by atoms with E-state index in [1.807, 2.05) is 30.5 Å². The van der Waals surface area contributed by atoms with Crippen LogP contribution in [0.5, 0.6) is 0 Å². The molecular formula is C26H21NO. The van der Waals surface area contributed by atoms with Gasteiger partial charge < -0.3 is 4.42 Å². The Balaban J connectivity index is 1.62. The van der Waals surface area contributed by atoms with Crippen molar-refractivity contribution in [3.63, 3.8) is 0 Å². The zero-order chi connectivity index (χ0) is 19.1. The lowest BCUT2D eigenvalue weighted by atomic mass is 9.78. The highest BCUT2D eigenvalue weighted by molar-refractivity contribution is 6.06. The number of furan rings is 1. The van der Waals surface area contributed by atoms with E-state index in [0.29, 0.717) is 0 Å². The molecule has 28 heavy (non-hydrogen) atoms. The average molecular weight is 363 g/mol. The quantitative estimate of drug-likeness (QED) is 0.346. The maximum absolute atomic E-state index is 5.96. The van der Waals surface area contributed by atoms with E-state index in [2.05, 4.69) is 79.5 Å². The molecule has 2 aromatic heterocycles. The molecule has 0 bridgehead atoms. The van der Waals surface area contributed by atoms with Crippen LogP contribution < -0.4 is 0 Å². The second-order valence-corrected chi connectivity index (χ2v) is 7.73. The summed E-state index contributed by atoms with van der Waals surface area (Å²) in [7, 11) is 0. The Morgan fingerprint density at radius 2 is 1.43 bits per heavy atom. The first-order valence-electron chi connectivity index (χ1n) is 9.57. The van der Waals surface area contributed by atoms with Crippen molar-refractivity contribution in [1.29, 1.82) is 0 Å². The number of fused-ring (bicyclic) bond motifs is 3. The van der Waals surface area contributed by atoms with Gasteiger partial charge in [-0.25, -0.2) is 0 Å². The fraction of sp³-hybridized carbons (Fsp3) is 0.115. The lowest BCUT2D eigenvalue weighted by Gasteiger charge is -2.26. The molecule has 2 nitrogen and oxygen atoms in total. The average Bonchev–Trinajstić information content (AvgIpc) is 3.12. The predicted octanol–water partition coefficient (Wildman–Crippen LogP) is 6.97. The molecule has 0 saturated heterocycles. The topological polar surface area (TPSA) is 26.0 Å². The van der Waals surface area contributed by atoms with Gasteiger partial charge in [0.1, 0.15) is 11.2 Å². The Hall–Kier alpha value is -3.39. The molecular weight excluding hydrogens is 342 g/mol. The van der Waals surface area contributed by atoms with Crippen LogP contribution in [0.25, 0.3) is 33.2 Å². The molecule has 5 rings (SSSR count). The van der Waals surface area contributed by atoms with Gasteiger partial charge >= 0.3 is 0 Å². The summed E-state index contributed by atoms with van der Waals surface area (Å²) in [5.74, 6) is 0. The molecule has 0 aliphatic heterocycles. The van der Waals surface area contributed by atoms with Gasteiger partial charge in [-0.15, -0.1) is 0 Å². The SMILES string of the molecule is CC(C)(c1ccccc1)c1ccnc(-c2ccc3oc4ccccc4c3c2)c1. The minimum absolute atomic E-state index is 0.0919. The van der Waals surface area contributed by atoms with Crippen LogP contribution in [0.4, 0.5) is 0 Å². The molecule has 0 radical (unpaired) electrons. The fourth-order valence-electron chi connectivity index (χ4n) is 3.88. The summed E-state index contributed by atoms with van der Waals surface area (Å²) in [5, 5.41) is 2.27. The lowest BCUT2D eigenvalue weighted by molar-refractivity contribution is 0.640. The second kappa shape index (κ2) is 6.35. The number of hydrogen-bond acceptors (Lipinski definition) is 2. The standard InChI is InChI=1S/C26H21NO/c1-26(2,19-8-4-3-5-9-19)20-14-15-27-23(17-20)18-12-13-25-22(16-18)21-10-6-7-11-24(21)28-25/h3-17H,1-2H3. The first-order chi connectivity index (χ1) is 13.6. The Labute approximate surface area is 164 Å². The number of hydrogen-bond donors (Lipinski definition) is 0. The molecule has 0 aliphatic carbocycles. The van der Waals surface area contributed by atoms with Gasteiger partial charge in [-0.3, -0.25) is 4.98 Å². The number of nitrogens with zero attached hydrogens (tertiary/aromatic N) is 1. The van der Waals surface area contributed by atoms with Crippen molar-refractivity contribution in [2.75, 3.05) is 0 Å². The van der Waals surface area contributed by atoms with Crippen molar-refractivity contribution in [2.45, 2.75) is 19.3 Å². The van der Waals surface area contributed by atoms with E-state index in [0.717, 1.165) is 33.2 Å². The van der Waals surface area contributed by atoms with E-state index in [-0.39, 0.29) is 5.41 Å². The summed E-state index contributed by atoms with van der Waals surface area (Å²) in [4.78, 5) is 4.66. The Bertz CT molecular complexity index is 1280. The Morgan fingerprint density at radius 1 is 0.679 bits per heavy atom. The molecule has 3 aromatic carbocycles. The highest BCUT2D eigenvalue weighted by Crippen LogP contribution is 2.35. The van der Waals surface area contributed by atoms with Gasteiger partial charge in [0.05, 0.1) is 5.69 Å². The third-order valence-corrected chi connectivity index (χ3v) is 5.65. The van der Waals surface area contributed by atoms with Gasteiger partial charge in [-0.2, -0.15) is 0 Å². The first-order valence-corrected chi connectivity index (χ1v) is 9.57. The largest absolute Gasteiger partial charge is 0.456 e. The van der Waals surface area contributed by atoms with E-state index in [1.54, 1.807) is 0 Å². The van der Waals surface area contributed by atoms with Gasteiger partial charge in [-0.1, -0.05) is 62.4 Å². The fourth-order valence-corrected chi connectivity index (χ4v) is 3.88. The van der Waals surface area contributed by atoms with Crippen molar-refractivity contribution in [3.8, 4) is 11.3 Å². The van der Waals surface area contributed by atoms with Gasteiger partial charge in [0.15, 0.2) is 0 Å². The maximum atomic E-state index is 5.96. The molecule has 0 fully saturated rings. The van der Waals surface area contributed by atoms with Crippen LogP contribution in [0.2, 0.25) is 0 Å². The van der Waals surface area contributed by atoms with Crippen molar-refractivity contribution in [2.24, 2.45) is 0 Å². The summed E-state index contributed by atoms with van der Waals surface area (Å²) in [6, 6.07) is 29.4. The highest BCUT2D eigenvalue weighted by Gasteiger charge is 2.23. The van der Waals surface area contributed by atoms with Crippen LogP contribution >= 0.6 is 0 Å². The van der Waals surface area contributed by atoms with Crippen LogP contribution in [-0.2, 0) is 5.41 Å². The van der Waals surface area contributed by atoms with E-state index >= 15 is 0 Å². The lowest BCUT2D eigenvalue weighted by Crippen LogP contribution is -2.18. The van der Waals surface area contributed by atoms with Gasteiger partial charge in [0.2, 0.25) is 0 Å². The van der Waals surface area contributed by atoms with Gasteiger partial charge in [-0.05, 0) is 47.5 Å². The third-order valence-electron chi connectivity index (χ3n) is 5.65.